The van der Waals surface area contributed by atoms with Gasteiger partial charge < -0.3 is 5.32 Å². The first-order valence-electron chi connectivity index (χ1n) is 6.75. The minimum Gasteiger partial charge on any atom is -0.310 e. The molecule has 0 aromatic heterocycles. The maximum atomic E-state index is 3.67. The van der Waals surface area contributed by atoms with Crippen LogP contribution in [-0.2, 0) is 0 Å². The van der Waals surface area contributed by atoms with Crippen LogP contribution in [0.4, 0.5) is 0 Å². The van der Waals surface area contributed by atoms with Gasteiger partial charge in [-0.05, 0) is 68.9 Å². The standard InChI is InChI=1S/C16H27NS/c1-11-7-13(3)16(14(4)8-11)15(5)17-9-12(2)10-18-6/h7-8,12,15,17H,9-10H2,1-6H3. The first kappa shape index (κ1) is 15.6. The highest BCUT2D eigenvalue weighted by atomic mass is 32.2. The molecule has 0 spiro atoms. The maximum absolute atomic E-state index is 3.67. The molecule has 2 heteroatoms. The third-order valence-electron chi connectivity index (χ3n) is 3.39. The second-order valence-corrected chi connectivity index (χ2v) is 6.41. The van der Waals surface area contributed by atoms with Crippen molar-refractivity contribution in [2.75, 3.05) is 18.6 Å². The van der Waals surface area contributed by atoms with Crippen LogP contribution in [0.5, 0.6) is 0 Å². The number of rotatable bonds is 6. The van der Waals surface area contributed by atoms with Crippen LogP contribution in [0.1, 0.15) is 42.1 Å². The molecule has 0 fully saturated rings. The molecule has 1 aromatic rings. The Morgan fingerprint density at radius 2 is 1.67 bits per heavy atom. The molecular formula is C16H27NS. The number of nitrogens with one attached hydrogen (secondary N) is 1. The van der Waals surface area contributed by atoms with E-state index in [0.717, 1.165) is 12.5 Å². The third-order valence-corrected chi connectivity index (χ3v) is 4.30. The maximum Gasteiger partial charge on any atom is 0.0297 e. The van der Waals surface area contributed by atoms with E-state index in [9.17, 15) is 0 Å². The summed E-state index contributed by atoms with van der Waals surface area (Å²) < 4.78 is 0. The zero-order valence-corrected chi connectivity index (χ0v) is 13.4. The van der Waals surface area contributed by atoms with Gasteiger partial charge in [0.15, 0.2) is 0 Å². The molecule has 0 amide bonds. The molecule has 0 aliphatic heterocycles. The van der Waals surface area contributed by atoms with Crippen LogP contribution in [0.3, 0.4) is 0 Å². The van der Waals surface area contributed by atoms with Crippen molar-refractivity contribution in [2.45, 2.75) is 40.7 Å². The molecule has 0 aliphatic rings. The van der Waals surface area contributed by atoms with Crippen LogP contribution in [0.2, 0.25) is 0 Å². The lowest BCUT2D eigenvalue weighted by atomic mass is 9.94. The van der Waals surface area contributed by atoms with Gasteiger partial charge in [-0.25, -0.2) is 0 Å². The fraction of sp³-hybridized carbons (Fsp3) is 0.625. The van der Waals surface area contributed by atoms with E-state index in [2.05, 4.69) is 58.3 Å². The summed E-state index contributed by atoms with van der Waals surface area (Å²) in [6.45, 7) is 12.3. The fourth-order valence-corrected chi connectivity index (χ4v) is 3.38. The number of benzene rings is 1. The summed E-state index contributed by atoms with van der Waals surface area (Å²) in [5.74, 6) is 1.96. The largest absolute Gasteiger partial charge is 0.310 e. The molecule has 0 heterocycles. The Kier molecular flexibility index (Phi) is 6.24. The first-order chi connectivity index (χ1) is 8.45. The SMILES string of the molecule is CSCC(C)CNC(C)c1c(C)cc(C)cc1C. The van der Waals surface area contributed by atoms with Crippen molar-refractivity contribution in [1.82, 2.24) is 5.32 Å². The highest BCUT2D eigenvalue weighted by molar-refractivity contribution is 7.98. The second kappa shape index (κ2) is 7.20. The van der Waals surface area contributed by atoms with E-state index in [0.29, 0.717) is 6.04 Å². The Morgan fingerprint density at radius 3 is 2.17 bits per heavy atom. The molecule has 1 N–H and O–H groups in total. The van der Waals surface area contributed by atoms with Gasteiger partial charge in [-0.1, -0.05) is 24.6 Å². The van der Waals surface area contributed by atoms with Crippen molar-refractivity contribution in [3.05, 3.63) is 34.4 Å². The van der Waals surface area contributed by atoms with E-state index in [1.165, 1.54) is 28.0 Å². The Balaban J connectivity index is 2.70. The normalized spacial score (nSPS) is 14.6. The van der Waals surface area contributed by atoms with Gasteiger partial charge in [0.2, 0.25) is 0 Å². The van der Waals surface area contributed by atoms with Gasteiger partial charge in [0, 0.05) is 6.04 Å². The summed E-state index contributed by atoms with van der Waals surface area (Å²) >= 11 is 1.93. The molecule has 0 saturated heterocycles. The van der Waals surface area contributed by atoms with E-state index in [1.54, 1.807) is 0 Å². The second-order valence-electron chi connectivity index (χ2n) is 5.50. The smallest absolute Gasteiger partial charge is 0.0297 e. The highest BCUT2D eigenvalue weighted by Crippen LogP contribution is 2.23. The number of thioether (sulfide) groups is 1. The lowest BCUT2D eigenvalue weighted by Gasteiger charge is -2.21. The van der Waals surface area contributed by atoms with E-state index < -0.39 is 0 Å². The van der Waals surface area contributed by atoms with Crippen molar-refractivity contribution in [2.24, 2.45) is 5.92 Å². The molecule has 0 bridgehead atoms. The van der Waals surface area contributed by atoms with Gasteiger partial charge in [0.05, 0.1) is 0 Å². The fourth-order valence-electron chi connectivity index (χ4n) is 2.70. The van der Waals surface area contributed by atoms with E-state index in [-0.39, 0.29) is 0 Å². The summed E-state index contributed by atoms with van der Waals surface area (Å²) in [4.78, 5) is 0. The summed E-state index contributed by atoms with van der Waals surface area (Å²) in [6.07, 6.45) is 2.17. The van der Waals surface area contributed by atoms with E-state index >= 15 is 0 Å². The van der Waals surface area contributed by atoms with Crippen molar-refractivity contribution in [1.29, 1.82) is 0 Å². The van der Waals surface area contributed by atoms with E-state index in [4.69, 9.17) is 0 Å². The minimum atomic E-state index is 0.440. The average molecular weight is 265 g/mol. The molecule has 1 rings (SSSR count). The van der Waals surface area contributed by atoms with Gasteiger partial charge in [-0.15, -0.1) is 0 Å². The molecule has 1 nitrogen and oxygen atoms in total. The topological polar surface area (TPSA) is 12.0 Å². The van der Waals surface area contributed by atoms with Gasteiger partial charge in [-0.2, -0.15) is 11.8 Å². The summed E-state index contributed by atoms with van der Waals surface area (Å²) in [5.41, 5.74) is 5.64. The molecule has 0 saturated carbocycles. The van der Waals surface area contributed by atoms with Gasteiger partial charge >= 0.3 is 0 Å². The Morgan fingerprint density at radius 1 is 1.11 bits per heavy atom. The predicted molar refractivity (Wildman–Crippen MR) is 84.6 cm³/mol. The van der Waals surface area contributed by atoms with Crippen LogP contribution < -0.4 is 5.32 Å². The predicted octanol–water partition coefficient (Wildman–Crippen LogP) is 4.26. The van der Waals surface area contributed by atoms with Crippen LogP contribution in [-0.4, -0.2) is 18.6 Å². The van der Waals surface area contributed by atoms with Crippen LogP contribution in [0, 0.1) is 26.7 Å². The summed E-state index contributed by atoms with van der Waals surface area (Å²) in [6, 6.07) is 5.01. The van der Waals surface area contributed by atoms with Gasteiger partial charge in [0.25, 0.3) is 0 Å². The average Bonchev–Trinajstić information content (AvgIpc) is 2.25. The molecule has 0 radical (unpaired) electrons. The zero-order valence-electron chi connectivity index (χ0n) is 12.6. The summed E-state index contributed by atoms with van der Waals surface area (Å²) in [7, 11) is 0. The van der Waals surface area contributed by atoms with Gasteiger partial charge in [0.1, 0.15) is 0 Å². The number of hydrogen-bond donors (Lipinski definition) is 1. The molecule has 0 aliphatic carbocycles. The summed E-state index contributed by atoms with van der Waals surface area (Å²) in [5, 5.41) is 3.67. The van der Waals surface area contributed by atoms with Crippen LogP contribution in [0.15, 0.2) is 12.1 Å². The van der Waals surface area contributed by atoms with E-state index in [1.807, 2.05) is 11.8 Å². The van der Waals surface area contributed by atoms with Crippen molar-refractivity contribution in [3.63, 3.8) is 0 Å². The molecular weight excluding hydrogens is 238 g/mol. The quantitative estimate of drug-likeness (QED) is 0.824. The monoisotopic (exact) mass is 265 g/mol. The van der Waals surface area contributed by atoms with Crippen molar-refractivity contribution >= 4 is 11.8 Å². The minimum absolute atomic E-state index is 0.440. The van der Waals surface area contributed by atoms with Gasteiger partial charge in [-0.3, -0.25) is 0 Å². The molecule has 102 valence electrons. The Labute approximate surface area is 117 Å². The van der Waals surface area contributed by atoms with Crippen molar-refractivity contribution < 1.29 is 0 Å². The molecule has 2 unspecified atom stereocenters. The highest BCUT2D eigenvalue weighted by Gasteiger charge is 2.12. The lowest BCUT2D eigenvalue weighted by Crippen LogP contribution is -2.26. The molecule has 2 atom stereocenters. The Bertz CT molecular complexity index is 364. The molecule has 18 heavy (non-hydrogen) atoms. The van der Waals surface area contributed by atoms with Crippen molar-refractivity contribution in [3.8, 4) is 0 Å². The zero-order chi connectivity index (χ0) is 13.7. The Hall–Kier alpha value is -0.470. The van der Waals surface area contributed by atoms with Crippen LogP contribution >= 0.6 is 11.8 Å². The lowest BCUT2D eigenvalue weighted by molar-refractivity contribution is 0.498. The third kappa shape index (κ3) is 4.33. The number of aryl methyl sites for hydroxylation is 3. The molecule has 1 aromatic carbocycles. The van der Waals surface area contributed by atoms with Crippen LogP contribution in [0.25, 0.3) is 0 Å². The number of hydrogen-bond acceptors (Lipinski definition) is 2. The first-order valence-corrected chi connectivity index (χ1v) is 8.15.